The number of hydrogen-bond acceptors (Lipinski definition) is 5. The van der Waals surface area contributed by atoms with Gasteiger partial charge >= 0.3 is 0 Å². The molecule has 3 heterocycles. The van der Waals surface area contributed by atoms with E-state index >= 15 is 0 Å². The molecule has 42 heavy (non-hydrogen) atoms. The summed E-state index contributed by atoms with van der Waals surface area (Å²) >= 11 is 0. The van der Waals surface area contributed by atoms with Crippen molar-refractivity contribution in [2.45, 2.75) is 18.4 Å². The fourth-order valence-corrected chi connectivity index (χ4v) is 6.26. The molecule has 0 unspecified atom stereocenters. The summed E-state index contributed by atoms with van der Waals surface area (Å²) in [6.07, 6.45) is 3.28. The van der Waals surface area contributed by atoms with Crippen LogP contribution in [-0.2, 0) is 0 Å². The number of fused-ring (bicyclic) bond motifs is 4. The molecule has 1 amide bonds. The number of carbonyl (C=O) groups is 1. The molecule has 1 aliphatic rings. The van der Waals surface area contributed by atoms with Gasteiger partial charge in [0.05, 0.1) is 27.7 Å². The highest BCUT2D eigenvalue weighted by Crippen LogP contribution is 2.39. The Balaban J connectivity index is 1.37. The number of benzene rings is 4. The first kappa shape index (κ1) is 26.2. The minimum Gasteiger partial charge on any atom is -0.388 e. The third-order valence-electron chi connectivity index (χ3n) is 8.65. The Bertz CT molecular complexity index is 1970. The molecule has 7 heteroatoms. The van der Waals surface area contributed by atoms with E-state index in [1.54, 1.807) is 6.07 Å². The zero-order valence-electron chi connectivity index (χ0n) is 23.5. The second kappa shape index (κ2) is 10.3. The Morgan fingerprint density at radius 1 is 0.952 bits per heavy atom. The lowest BCUT2D eigenvalue weighted by molar-refractivity contribution is -0.00405. The van der Waals surface area contributed by atoms with Crippen molar-refractivity contribution in [1.29, 1.82) is 0 Å². The fraction of sp³-hybridized carbons (Fsp3) is 0.200. The number of anilines is 1. The number of aromatic nitrogens is 2. The van der Waals surface area contributed by atoms with E-state index in [2.05, 4.69) is 70.4 Å². The largest absolute Gasteiger partial charge is 0.388 e. The van der Waals surface area contributed by atoms with Gasteiger partial charge in [-0.1, -0.05) is 48.5 Å². The second-order valence-electron chi connectivity index (χ2n) is 11.4. The van der Waals surface area contributed by atoms with E-state index in [-0.39, 0.29) is 0 Å². The van der Waals surface area contributed by atoms with Crippen LogP contribution < -0.4 is 11.1 Å². The molecule has 0 aliphatic carbocycles. The van der Waals surface area contributed by atoms with E-state index in [4.69, 9.17) is 10.7 Å². The van der Waals surface area contributed by atoms with Crippen LogP contribution in [0, 0.1) is 0 Å². The molecule has 0 bridgehead atoms. The van der Waals surface area contributed by atoms with Crippen LogP contribution >= 0.6 is 0 Å². The van der Waals surface area contributed by atoms with Crippen molar-refractivity contribution in [2.75, 3.05) is 32.0 Å². The molecule has 1 fully saturated rings. The van der Waals surface area contributed by atoms with E-state index in [0.717, 1.165) is 62.6 Å². The minimum atomic E-state index is -0.840. The third kappa shape index (κ3) is 4.57. The van der Waals surface area contributed by atoms with Crippen LogP contribution in [0.5, 0.6) is 0 Å². The zero-order chi connectivity index (χ0) is 28.8. The van der Waals surface area contributed by atoms with E-state index in [1.807, 2.05) is 42.6 Å². The van der Waals surface area contributed by atoms with Gasteiger partial charge in [-0.15, -0.1) is 0 Å². The molecule has 4 aromatic carbocycles. The van der Waals surface area contributed by atoms with Crippen LogP contribution in [0.25, 0.3) is 49.5 Å². The van der Waals surface area contributed by atoms with Crippen molar-refractivity contribution in [3.63, 3.8) is 0 Å². The summed E-state index contributed by atoms with van der Waals surface area (Å²) in [6.45, 7) is 2.01. The number of nitrogens with two attached hydrogens (primary N) is 1. The van der Waals surface area contributed by atoms with E-state index < -0.39 is 11.5 Å². The quantitative estimate of drug-likeness (QED) is 0.235. The molecule has 1 saturated heterocycles. The topological polar surface area (TPSA) is 96.4 Å². The van der Waals surface area contributed by atoms with Crippen LogP contribution in [0.3, 0.4) is 0 Å². The predicted molar refractivity (Wildman–Crippen MR) is 170 cm³/mol. The summed E-state index contributed by atoms with van der Waals surface area (Å²) < 4.78 is 2.23. The SMILES string of the molecule is CN1CCC(O)(CNc2cc(-n3c4ccccc4c4c(-c5cnc6ccccc6c5)cccc43)ccc2C(N)=O)CC1. The molecule has 0 radical (unpaired) electrons. The second-order valence-corrected chi connectivity index (χ2v) is 11.4. The number of amides is 1. The highest BCUT2D eigenvalue weighted by atomic mass is 16.3. The Morgan fingerprint density at radius 3 is 2.55 bits per heavy atom. The highest BCUT2D eigenvalue weighted by molar-refractivity contribution is 6.16. The Hall–Kier alpha value is -4.72. The zero-order valence-corrected chi connectivity index (χ0v) is 23.5. The lowest BCUT2D eigenvalue weighted by Gasteiger charge is -2.37. The maximum absolute atomic E-state index is 12.4. The van der Waals surface area contributed by atoms with E-state index in [0.29, 0.717) is 30.6 Å². The fourth-order valence-electron chi connectivity index (χ4n) is 6.26. The third-order valence-corrected chi connectivity index (χ3v) is 8.65. The molecule has 7 nitrogen and oxygen atoms in total. The Morgan fingerprint density at radius 2 is 1.71 bits per heavy atom. The van der Waals surface area contributed by atoms with Crippen molar-refractivity contribution in [2.24, 2.45) is 5.73 Å². The van der Waals surface area contributed by atoms with Gasteiger partial charge in [-0.05, 0) is 67.9 Å². The molecular formula is C35H33N5O2. The number of para-hydroxylation sites is 2. The van der Waals surface area contributed by atoms with Gasteiger partial charge in [0.1, 0.15) is 0 Å². The minimum absolute atomic E-state index is 0.344. The van der Waals surface area contributed by atoms with E-state index in [9.17, 15) is 9.90 Å². The standard InChI is InChI=1S/C35H33N5O2/c1-39-17-15-35(42,16-18-39)22-38-30-20-25(13-14-27(30)34(36)41)40-31-11-5-3-8-28(31)33-26(9-6-12-32(33)40)24-19-23-7-2-4-10-29(23)37-21-24/h2-14,19-21,38,42H,15-18,22H2,1H3,(H2,36,41). The van der Waals surface area contributed by atoms with E-state index in [1.165, 1.54) is 0 Å². The first-order chi connectivity index (χ1) is 20.4. The van der Waals surface area contributed by atoms with Crippen LogP contribution in [0.4, 0.5) is 5.69 Å². The molecule has 2 aromatic heterocycles. The van der Waals surface area contributed by atoms with Crippen molar-refractivity contribution in [3.8, 4) is 16.8 Å². The van der Waals surface area contributed by atoms with Crippen LogP contribution in [0.1, 0.15) is 23.2 Å². The number of aliphatic hydroxyl groups is 1. The van der Waals surface area contributed by atoms with Crippen LogP contribution in [0.15, 0.2) is 97.2 Å². The number of rotatable bonds is 6. The molecule has 6 aromatic rings. The predicted octanol–water partition coefficient (Wildman–Crippen LogP) is 5.97. The number of primary amides is 1. The molecule has 7 rings (SSSR count). The van der Waals surface area contributed by atoms with Gasteiger partial charge in [-0.3, -0.25) is 9.78 Å². The monoisotopic (exact) mass is 555 g/mol. The van der Waals surface area contributed by atoms with Crippen molar-refractivity contribution in [3.05, 3.63) is 103 Å². The number of pyridine rings is 1. The molecule has 210 valence electrons. The summed E-state index contributed by atoms with van der Waals surface area (Å²) in [6, 6.07) is 30.8. The maximum Gasteiger partial charge on any atom is 0.250 e. The van der Waals surface area contributed by atoms with Gasteiger partial charge in [-0.25, -0.2) is 0 Å². The first-order valence-corrected chi connectivity index (χ1v) is 14.4. The smallest absolute Gasteiger partial charge is 0.250 e. The molecule has 4 N–H and O–H groups in total. The van der Waals surface area contributed by atoms with Gasteiger partial charge < -0.3 is 25.6 Å². The molecule has 0 atom stereocenters. The van der Waals surface area contributed by atoms with Gasteiger partial charge in [0.15, 0.2) is 0 Å². The van der Waals surface area contributed by atoms with Crippen LogP contribution in [0.2, 0.25) is 0 Å². The number of nitrogens with zero attached hydrogens (tertiary/aromatic N) is 3. The van der Waals surface area contributed by atoms with Crippen LogP contribution in [-0.4, -0.2) is 57.7 Å². The first-order valence-electron chi connectivity index (χ1n) is 14.4. The van der Waals surface area contributed by atoms with Gasteiger partial charge in [0, 0.05) is 58.9 Å². The summed E-state index contributed by atoms with van der Waals surface area (Å²) in [7, 11) is 2.06. The lowest BCUT2D eigenvalue weighted by atomic mass is 9.91. The summed E-state index contributed by atoms with van der Waals surface area (Å²) in [5, 5.41) is 18.0. The lowest BCUT2D eigenvalue weighted by Crippen LogP contribution is -2.47. The Labute approximate surface area is 244 Å². The highest BCUT2D eigenvalue weighted by Gasteiger charge is 2.31. The molecule has 1 aliphatic heterocycles. The normalized spacial score (nSPS) is 15.4. The summed E-state index contributed by atoms with van der Waals surface area (Å²) in [4.78, 5) is 19.4. The molecule has 0 spiro atoms. The number of piperidine rings is 1. The van der Waals surface area contributed by atoms with Gasteiger partial charge in [-0.2, -0.15) is 0 Å². The van der Waals surface area contributed by atoms with Crippen molar-refractivity contribution in [1.82, 2.24) is 14.5 Å². The number of hydrogen-bond donors (Lipinski definition) is 3. The maximum atomic E-state index is 12.4. The molecular weight excluding hydrogens is 522 g/mol. The van der Waals surface area contributed by atoms with Crippen molar-refractivity contribution < 1.29 is 9.90 Å². The number of carbonyl (C=O) groups excluding carboxylic acids is 1. The molecule has 0 saturated carbocycles. The summed E-state index contributed by atoms with van der Waals surface area (Å²) in [5.74, 6) is -0.507. The average molecular weight is 556 g/mol. The number of likely N-dealkylation sites (tertiary alicyclic amines) is 1. The van der Waals surface area contributed by atoms with Gasteiger partial charge in [0.2, 0.25) is 0 Å². The average Bonchev–Trinajstić information content (AvgIpc) is 3.36. The van der Waals surface area contributed by atoms with Gasteiger partial charge in [0.25, 0.3) is 5.91 Å². The number of nitrogens with one attached hydrogen (secondary N) is 1. The summed E-state index contributed by atoms with van der Waals surface area (Å²) in [5.41, 5.74) is 12.1. The van der Waals surface area contributed by atoms with Crippen molar-refractivity contribution >= 4 is 44.3 Å². The Kier molecular flexibility index (Phi) is 6.41.